The van der Waals surface area contributed by atoms with Crippen molar-refractivity contribution in [3.05, 3.63) is 60.7 Å². The molecule has 0 fully saturated rings. The summed E-state index contributed by atoms with van der Waals surface area (Å²) >= 11 is 4.59. The fourth-order valence-corrected chi connectivity index (χ4v) is 4.61. The van der Waals surface area contributed by atoms with Gasteiger partial charge in [0.15, 0.2) is 6.61 Å². The maximum absolute atomic E-state index is 12.7. The maximum atomic E-state index is 12.7. The number of hydrogen-bond acceptors (Lipinski definition) is 6. The monoisotopic (exact) mass is 460 g/mol. The van der Waals surface area contributed by atoms with E-state index in [-0.39, 0.29) is 23.5 Å². The zero-order valence-corrected chi connectivity index (χ0v) is 17.3. The number of ether oxygens (including phenoxy) is 1. The Bertz CT molecular complexity index is 1130. The second-order valence-electron chi connectivity index (χ2n) is 6.63. The third-order valence-corrected chi connectivity index (χ3v) is 6.40. The Morgan fingerprint density at radius 2 is 2.04 bits per heavy atom. The maximum Gasteiger partial charge on any atom is 0.338 e. The van der Waals surface area contributed by atoms with Gasteiger partial charge in [0.1, 0.15) is 5.82 Å². The van der Waals surface area contributed by atoms with Crippen molar-refractivity contribution in [1.82, 2.24) is 9.55 Å². The van der Waals surface area contributed by atoms with Gasteiger partial charge in [0.2, 0.25) is 5.78 Å². The van der Waals surface area contributed by atoms with Gasteiger partial charge in [-0.1, -0.05) is 6.42 Å². The Labute approximate surface area is 173 Å². The van der Waals surface area contributed by atoms with E-state index in [1.807, 2.05) is 0 Å². The number of rotatable bonds is 4. The molecule has 144 valence electrons. The Morgan fingerprint density at radius 3 is 2.82 bits per heavy atom. The Kier molecular flexibility index (Phi) is 5.41. The zero-order chi connectivity index (χ0) is 19.7. The van der Waals surface area contributed by atoms with E-state index in [1.54, 1.807) is 34.9 Å². The van der Waals surface area contributed by atoms with Crippen LogP contribution in [0.25, 0.3) is 10.9 Å². The quantitative estimate of drug-likeness (QED) is 0.434. The molecule has 28 heavy (non-hydrogen) atoms. The summed E-state index contributed by atoms with van der Waals surface area (Å²) in [5.41, 5.74) is 0.694. The molecule has 0 saturated carbocycles. The smallest absolute Gasteiger partial charge is 0.338 e. The second kappa shape index (κ2) is 7.97. The van der Waals surface area contributed by atoms with Gasteiger partial charge < -0.3 is 4.74 Å². The predicted octanol–water partition coefficient (Wildman–Crippen LogP) is 3.99. The summed E-state index contributed by atoms with van der Waals surface area (Å²) in [5, 5.41) is 0.488. The minimum Gasteiger partial charge on any atom is -0.454 e. The summed E-state index contributed by atoms with van der Waals surface area (Å²) in [7, 11) is 0. The number of aromatic nitrogens is 2. The van der Waals surface area contributed by atoms with E-state index in [9.17, 15) is 14.4 Å². The van der Waals surface area contributed by atoms with Crippen molar-refractivity contribution < 1.29 is 14.3 Å². The van der Waals surface area contributed by atoms with Crippen molar-refractivity contribution in [3.8, 4) is 0 Å². The molecule has 1 aromatic carbocycles. The molecule has 0 bridgehead atoms. The molecule has 0 spiro atoms. The predicted molar refractivity (Wildman–Crippen MR) is 110 cm³/mol. The Balaban J connectivity index is 1.56. The number of aryl methyl sites for hydroxylation is 1. The minimum absolute atomic E-state index is 0.0692. The standard InChI is InChI=1S/C20H17BrN2O4S/c21-17-8-7-16(28-17)15(24)11-27-20(26)12-5-6-13-14(10-12)22-18-4-2-1-3-9-23(18)19(13)25/h5-8,10H,1-4,9,11H2. The molecule has 0 saturated heterocycles. The van der Waals surface area contributed by atoms with Crippen molar-refractivity contribution >= 4 is 49.9 Å². The number of carbonyl (C=O) groups excluding carboxylic acids is 2. The highest BCUT2D eigenvalue weighted by Gasteiger charge is 2.17. The number of Topliss-reactive ketones (excluding diaryl/α,β-unsaturated/α-hetero) is 1. The van der Waals surface area contributed by atoms with E-state index in [0.717, 1.165) is 35.3 Å². The number of thiophene rings is 1. The third kappa shape index (κ3) is 3.79. The highest BCUT2D eigenvalue weighted by atomic mass is 79.9. The van der Waals surface area contributed by atoms with E-state index in [2.05, 4.69) is 20.9 Å². The number of esters is 1. The molecule has 2 aromatic heterocycles. The molecule has 3 heterocycles. The van der Waals surface area contributed by atoms with E-state index in [1.165, 1.54) is 11.3 Å². The molecule has 8 heteroatoms. The topological polar surface area (TPSA) is 78.3 Å². The number of benzene rings is 1. The van der Waals surface area contributed by atoms with Crippen LogP contribution in [-0.2, 0) is 17.7 Å². The van der Waals surface area contributed by atoms with Crippen LogP contribution in [0.2, 0.25) is 0 Å². The van der Waals surface area contributed by atoms with Gasteiger partial charge in [-0.25, -0.2) is 9.78 Å². The molecule has 0 aliphatic carbocycles. The first-order chi connectivity index (χ1) is 13.5. The summed E-state index contributed by atoms with van der Waals surface area (Å²) in [4.78, 5) is 42.3. The van der Waals surface area contributed by atoms with Crippen LogP contribution < -0.4 is 5.56 Å². The average molecular weight is 461 g/mol. The number of fused-ring (bicyclic) bond motifs is 2. The number of nitrogens with zero attached hydrogens (tertiary/aromatic N) is 2. The van der Waals surface area contributed by atoms with Crippen molar-refractivity contribution in [2.24, 2.45) is 0 Å². The molecule has 0 amide bonds. The van der Waals surface area contributed by atoms with Crippen molar-refractivity contribution in [2.45, 2.75) is 32.2 Å². The molecule has 4 rings (SSSR count). The first kappa shape index (κ1) is 19.0. The van der Waals surface area contributed by atoms with Gasteiger partial charge in [-0.05, 0) is 59.1 Å². The van der Waals surface area contributed by atoms with E-state index in [4.69, 9.17) is 4.74 Å². The van der Waals surface area contributed by atoms with E-state index < -0.39 is 5.97 Å². The minimum atomic E-state index is -0.609. The molecule has 0 unspecified atom stereocenters. The molecule has 1 aliphatic rings. The lowest BCUT2D eigenvalue weighted by Gasteiger charge is -2.10. The normalized spacial score (nSPS) is 13.8. The average Bonchev–Trinajstić information content (AvgIpc) is 2.99. The van der Waals surface area contributed by atoms with Gasteiger partial charge in [-0.3, -0.25) is 14.2 Å². The fourth-order valence-electron chi connectivity index (χ4n) is 3.29. The molecule has 0 radical (unpaired) electrons. The van der Waals surface area contributed by atoms with Crippen LogP contribution >= 0.6 is 27.3 Å². The first-order valence-electron chi connectivity index (χ1n) is 9.02. The van der Waals surface area contributed by atoms with Crippen molar-refractivity contribution in [2.75, 3.05) is 6.61 Å². The van der Waals surface area contributed by atoms with E-state index >= 15 is 0 Å². The van der Waals surface area contributed by atoms with Crippen LogP contribution in [0.15, 0.2) is 38.9 Å². The van der Waals surface area contributed by atoms with Crippen LogP contribution in [0.3, 0.4) is 0 Å². The molecule has 1 aliphatic heterocycles. The van der Waals surface area contributed by atoms with Crippen LogP contribution in [0.5, 0.6) is 0 Å². The fraction of sp³-hybridized carbons (Fsp3) is 0.300. The summed E-state index contributed by atoms with van der Waals surface area (Å²) in [5.74, 6) is -0.104. The SMILES string of the molecule is O=C(OCC(=O)c1ccc(Br)s1)c1ccc2c(=O)n3c(nc2c1)CCCCC3. The van der Waals surface area contributed by atoms with Crippen molar-refractivity contribution in [1.29, 1.82) is 0 Å². The summed E-state index contributed by atoms with van der Waals surface area (Å²) in [6.07, 6.45) is 3.80. The summed E-state index contributed by atoms with van der Waals surface area (Å²) in [6, 6.07) is 8.18. The van der Waals surface area contributed by atoms with Gasteiger partial charge >= 0.3 is 5.97 Å². The van der Waals surface area contributed by atoms with Crippen LogP contribution in [0, 0.1) is 0 Å². The lowest BCUT2D eigenvalue weighted by Crippen LogP contribution is -2.24. The summed E-state index contributed by atoms with van der Waals surface area (Å²) in [6.45, 7) is 0.353. The first-order valence-corrected chi connectivity index (χ1v) is 10.6. The van der Waals surface area contributed by atoms with Crippen molar-refractivity contribution in [3.63, 3.8) is 0 Å². The number of ketones is 1. The molecule has 0 N–H and O–H groups in total. The van der Waals surface area contributed by atoms with Gasteiger partial charge in [-0.15, -0.1) is 11.3 Å². The summed E-state index contributed by atoms with van der Waals surface area (Å²) < 4.78 is 7.74. The lowest BCUT2D eigenvalue weighted by molar-refractivity contribution is 0.0476. The number of halogens is 1. The van der Waals surface area contributed by atoms with Gasteiger partial charge in [0.05, 0.1) is 25.1 Å². The van der Waals surface area contributed by atoms with Crippen LogP contribution in [0.4, 0.5) is 0 Å². The van der Waals surface area contributed by atoms with E-state index in [0.29, 0.717) is 22.3 Å². The molecular weight excluding hydrogens is 444 g/mol. The molecule has 3 aromatic rings. The molecular formula is C20H17BrN2O4S. The second-order valence-corrected chi connectivity index (χ2v) is 9.09. The molecule has 0 atom stereocenters. The van der Waals surface area contributed by atoms with Crippen LogP contribution in [-0.4, -0.2) is 27.9 Å². The van der Waals surface area contributed by atoms with Crippen LogP contribution in [0.1, 0.15) is 45.1 Å². The number of carbonyl (C=O) groups is 2. The molecule has 6 nitrogen and oxygen atoms in total. The Hall–Kier alpha value is -2.32. The van der Waals surface area contributed by atoms with Gasteiger partial charge in [0, 0.05) is 13.0 Å². The Morgan fingerprint density at radius 1 is 1.18 bits per heavy atom. The largest absolute Gasteiger partial charge is 0.454 e. The van der Waals surface area contributed by atoms with Gasteiger partial charge in [-0.2, -0.15) is 0 Å². The third-order valence-electron chi connectivity index (χ3n) is 4.73. The highest BCUT2D eigenvalue weighted by molar-refractivity contribution is 9.11. The van der Waals surface area contributed by atoms with Gasteiger partial charge in [0.25, 0.3) is 5.56 Å². The zero-order valence-electron chi connectivity index (χ0n) is 14.9. The lowest BCUT2D eigenvalue weighted by atomic mass is 10.1. The highest BCUT2D eigenvalue weighted by Crippen LogP contribution is 2.22. The number of hydrogen-bond donors (Lipinski definition) is 0.